The third-order valence-corrected chi connectivity index (χ3v) is 4.27. The molecule has 6 nitrogen and oxygen atoms in total. The molecule has 8 heteroatoms. The van der Waals surface area contributed by atoms with Crippen molar-refractivity contribution in [3.63, 3.8) is 0 Å². The zero-order valence-electron chi connectivity index (χ0n) is 13.5. The van der Waals surface area contributed by atoms with Crippen molar-refractivity contribution >= 4 is 45.7 Å². The van der Waals surface area contributed by atoms with Crippen LogP contribution in [0.15, 0.2) is 24.3 Å². The van der Waals surface area contributed by atoms with Gasteiger partial charge in [-0.25, -0.2) is 4.98 Å². The van der Waals surface area contributed by atoms with Crippen molar-refractivity contribution in [2.24, 2.45) is 5.73 Å². The monoisotopic (exact) mass is 363 g/mol. The second-order valence-electron chi connectivity index (χ2n) is 4.73. The van der Waals surface area contributed by atoms with Gasteiger partial charge in [-0.3, -0.25) is 4.79 Å². The van der Waals surface area contributed by atoms with E-state index in [2.05, 4.69) is 10.3 Å². The van der Waals surface area contributed by atoms with Crippen molar-refractivity contribution in [2.75, 3.05) is 19.5 Å². The molecule has 0 aliphatic rings. The van der Waals surface area contributed by atoms with E-state index in [1.807, 2.05) is 6.07 Å². The van der Waals surface area contributed by atoms with Crippen LogP contribution in [0.3, 0.4) is 0 Å². The largest absolute Gasteiger partial charge is 0.493 e. The Morgan fingerprint density at radius 2 is 2.04 bits per heavy atom. The van der Waals surface area contributed by atoms with Gasteiger partial charge in [-0.2, -0.15) is 0 Å². The van der Waals surface area contributed by atoms with Crippen molar-refractivity contribution in [1.29, 1.82) is 0 Å². The zero-order valence-corrected chi connectivity index (χ0v) is 15.1. The zero-order chi connectivity index (χ0) is 17.7. The Kier molecular flexibility index (Phi) is 5.88. The molecule has 0 saturated carbocycles. The van der Waals surface area contributed by atoms with Gasteiger partial charge in [-0.1, -0.05) is 23.5 Å². The predicted molar refractivity (Wildman–Crippen MR) is 100 cm³/mol. The molecule has 0 atom stereocenters. The van der Waals surface area contributed by atoms with Crippen molar-refractivity contribution in [1.82, 2.24) is 4.98 Å². The van der Waals surface area contributed by atoms with Crippen molar-refractivity contribution in [3.05, 3.63) is 40.4 Å². The average Bonchev–Trinajstić information content (AvgIpc) is 2.91. The number of nitrogens with zero attached hydrogens (tertiary/aromatic N) is 1. The van der Waals surface area contributed by atoms with E-state index < -0.39 is 0 Å². The molecule has 24 heavy (non-hydrogen) atoms. The Bertz CT molecular complexity index is 800. The number of nitrogens with one attached hydrogen (secondary N) is 1. The number of rotatable bonds is 6. The van der Waals surface area contributed by atoms with Crippen LogP contribution in [0.5, 0.6) is 11.5 Å². The average molecular weight is 363 g/mol. The van der Waals surface area contributed by atoms with Crippen LogP contribution in [0.4, 0.5) is 5.13 Å². The standard InChI is InChI=1S/C16H17N3O3S2/c1-9-14(24-16(18-9)19-15(17)23)11(20)6-4-10-5-7-12(21-2)13(8-10)22-3/h4-8H,1-3H3,(H3,17,18,19,23). The number of aryl methyl sites for hydroxylation is 1. The van der Waals surface area contributed by atoms with Gasteiger partial charge >= 0.3 is 0 Å². The first-order valence-corrected chi connectivity index (χ1v) is 8.15. The highest BCUT2D eigenvalue weighted by molar-refractivity contribution is 7.80. The summed E-state index contributed by atoms with van der Waals surface area (Å²) in [5, 5.41) is 3.35. The van der Waals surface area contributed by atoms with Crippen molar-refractivity contribution < 1.29 is 14.3 Å². The molecule has 1 aromatic carbocycles. The predicted octanol–water partition coefficient (Wildman–Crippen LogP) is 3.02. The number of nitrogens with two attached hydrogens (primary N) is 1. The molecular weight excluding hydrogens is 346 g/mol. The number of thiazole rings is 1. The van der Waals surface area contributed by atoms with Crippen LogP contribution in [-0.2, 0) is 0 Å². The number of carbonyl (C=O) groups is 1. The summed E-state index contributed by atoms with van der Waals surface area (Å²) < 4.78 is 10.4. The summed E-state index contributed by atoms with van der Waals surface area (Å²) in [4.78, 5) is 17.1. The number of ether oxygens (including phenoxy) is 2. The van der Waals surface area contributed by atoms with Gasteiger partial charge in [0.2, 0.25) is 0 Å². The first kappa shape index (κ1) is 17.9. The number of methoxy groups -OCH3 is 2. The first-order valence-electron chi connectivity index (χ1n) is 6.93. The van der Waals surface area contributed by atoms with Gasteiger partial charge in [-0.15, -0.1) is 0 Å². The van der Waals surface area contributed by atoms with Gasteiger partial charge in [0.05, 0.1) is 24.8 Å². The van der Waals surface area contributed by atoms with Crippen LogP contribution in [0.1, 0.15) is 20.9 Å². The second-order valence-corrected chi connectivity index (χ2v) is 6.17. The van der Waals surface area contributed by atoms with E-state index >= 15 is 0 Å². The number of ketones is 1. The summed E-state index contributed by atoms with van der Waals surface area (Å²) >= 11 is 5.98. The summed E-state index contributed by atoms with van der Waals surface area (Å²) in [5.74, 6) is 1.09. The topological polar surface area (TPSA) is 86.5 Å². The molecule has 0 aliphatic carbocycles. The van der Waals surface area contributed by atoms with E-state index in [0.29, 0.717) is 27.2 Å². The Morgan fingerprint density at radius 1 is 1.33 bits per heavy atom. The second kappa shape index (κ2) is 7.89. The number of allylic oxidation sites excluding steroid dienone is 1. The molecule has 126 valence electrons. The molecule has 0 amide bonds. The molecule has 0 bridgehead atoms. The summed E-state index contributed by atoms with van der Waals surface area (Å²) in [6, 6.07) is 5.41. The summed E-state index contributed by atoms with van der Waals surface area (Å²) in [6.07, 6.45) is 3.20. The maximum atomic E-state index is 12.4. The first-order chi connectivity index (χ1) is 11.4. The van der Waals surface area contributed by atoms with Crippen molar-refractivity contribution in [2.45, 2.75) is 6.92 Å². The lowest BCUT2D eigenvalue weighted by Crippen LogP contribution is -2.18. The molecule has 1 aromatic heterocycles. The lowest BCUT2D eigenvalue weighted by molar-refractivity contribution is 0.105. The number of benzene rings is 1. The van der Waals surface area contributed by atoms with E-state index in [9.17, 15) is 4.79 Å². The molecule has 0 aliphatic heterocycles. The highest BCUT2D eigenvalue weighted by Gasteiger charge is 2.13. The lowest BCUT2D eigenvalue weighted by Gasteiger charge is -2.07. The molecule has 0 spiro atoms. The highest BCUT2D eigenvalue weighted by atomic mass is 32.1. The van der Waals surface area contributed by atoms with Crippen LogP contribution in [0, 0.1) is 6.92 Å². The normalized spacial score (nSPS) is 10.6. The lowest BCUT2D eigenvalue weighted by atomic mass is 10.1. The van der Waals surface area contributed by atoms with Crippen LogP contribution in [-0.4, -0.2) is 30.1 Å². The van der Waals surface area contributed by atoms with Gasteiger partial charge in [0.1, 0.15) is 0 Å². The van der Waals surface area contributed by atoms with Gasteiger partial charge in [0.25, 0.3) is 0 Å². The fourth-order valence-electron chi connectivity index (χ4n) is 1.99. The maximum Gasteiger partial charge on any atom is 0.197 e. The van der Waals surface area contributed by atoms with Crippen LogP contribution < -0.4 is 20.5 Å². The summed E-state index contributed by atoms with van der Waals surface area (Å²) in [7, 11) is 3.13. The SMILES string of the molecule is COc1ccc(C=CC(=O)c2sc(NC(N)=S)nc2C)cc1OC. The highest BCUT2D eigenvalue weighted by Crippen LogP contribution is 2.28. The number of anilines is 1. The van der Waals surface area contributed by atoms with Gasteiger partial charge in [0, 0.05) is 0 Å². The van der Waals surface area contributed by atoms with Gasteiger partial charge < -0.3 is 20.5 Å². The Balaban J connectivity index is 2.18. The van der Waals surface area contributed by atoms with E-state index in [0.717, 1.165) is 5.56 Å². The number of thiocarbonyl (C=S) groups is 1. The number of hydrogen-bond donors (Lipinski definition) is 2. The minimum Gasteiger partial charge on any atom is -0.493 e. The van der Waals surface area contributed by atoms with E-state index in [-0.39, 0.29) is 10.9 Å². The van der Waals surface area contributed by atoms with Crippen LogP contribution in [0.25, 0.3) is 6.08 Å². The number of aromatic nitrogens is 1. The molecule has 2 aromatic rings. The van der Waals surface area contributed by atoms with Crippen LogP contribution >= 0.6 is 23.6 Å². The third kappa shape index (κ3) is 4.30. The van der Waals surface area contributed by atoms with E-state index in [1.54, 1.807) is 39.4 Å². The Hall–Kier alpha value is -2.45. The molecular formula is C16H17N3O3S2. The molecule has 0 saturated heterocycles. The van der Waals surface area contributed by atoms with E-state index in [1.165, 1.54) is 17.4 Å². The Labute approximate surface area is 149 Å². The van der Waals surface area contributed by atoms with E-state index in [4.69, 9.17) is 27.4 Å². The fraction of sp³-hybridized carbons (Fsp3) is 0.188. The quantitative estimate of drug-likeness (QED) is 0.463. The summed E-state index contributed by atoms with van der Waals surface area (Å²) in [5.41, 5.74) is 6.86. The minimum atomic E-state index is -0.143. The molecule has 0 unspecified atom stereocenters. The molecule has 1 heterocycles. The molecule has 0 fully saturated rings. The number of hydrogen-bond acceptors (Lipinski definition) is 6. The van der Waals surface area contributed by atoms with Gasteiger partial charge in [0.15, 0.2) is 27.5 Å². The summed E-state index contributed by atoms with van der Waals surface area (Å²) in [6.45, 7) is 1.76. The number of carbonyl (C=O) groups excluding carboxylic acids is 1. The smallest absolute Gasteiger partial charge is 0.197 e. The van der Waals surface area contributed by atoms with Gasteiger partial charge in [-0.05, 0) is 42.9 Å². The Morgan fingerprint density at radius 3 is 2.67 bits per heavy atom. The fourth-order valence-corrected chi connectivity index (χ4v) is 3.05. The molecule has 3 N–H and O–H groups in total. The van der Waals surface area contributed by atoms with Crippen LogP contribution in [0.2, 0.25) is 0 Å². The molecule has 0 radical (unpaired) electrons. The van der Waals surface area contributed by atoms with Crippen molar-refractivity contribution in [3.8, 4) is 11.5 Å². The molecule has 2 rings (SSSR count). The minimum absolute atomic E-state index is 0.114. The maximum absolute atomic E-state index is 12.4. The third-order valence-electron chi connectivity index (χ3n) is 3.09.